The molecule has 4 saturated carbocycles. The molecule has 7 atom stereocenters. The average molecular weight is 1210 g/mol. The highest BCUT2D eigenvalue weighted by Crippen LogP contribution is 3.03. The number of halogens is 4. The number of hydrogen-bond donors (Lipinski definition) is 0. The van der Waals surface area contributed by atoms with E-state index < -0.39 is 61.8 Å². The van der Waals surface area contributed by atoms with E-state index in [1.165, 1.54) is 114 Å². The molecule has 10 aromatic carbocycles. The van der Waals surface area contributed by atoms with Crippen LogP contribution in [0, 0.1) is 22.2 Å². The van der Waals surface area contributed by atoms with Crippen molar-refractivity contribution in [3.8, 4) is 0 Å². The minimum Gasteiger partial charge on any atom is -0.464 e. The molecule has 11 aliphatic carbocycles. The molecule has 12 heteroatoms. The Kier molecular flexibility index (Phi) is 5.97. The molecule has 0 amide bonds. The van der Waals surface area contributed by atoms with Crippen molar-refractivity contribution in [3.05, 3.63) is 92.1 Å². The molecule has 4 spiro atoms. The average Bonchev–Trinajstić information content (AvgIpc) is 3.81. The Morgan fingerprint density at radius 3 is 1.88 bits per heavy atom. The zero-order chi connectivity index (χ0) is 48.1. The normalized spacial score (nSPS) is 31.4. The molecular formula is C61H34Br4O8. The van der Waals surface area contributed by atoms with Crippen molar-refractivity contribution >= 4 is 197 Å². The van der Waals surface area contributed by atoms with Gasteiger partial charge < -0.3 is 18.9 Å². The molecule has 0 bridgehead atoms. The van der Waals surface area contributed by atoms with Crippen LogP contribution in [0.15, 0.2) is 42.0 Å². The first-order chi connectivity index (χ1) is 35.7. The number of carbonyl (C=O) groups is 4. The fourth-order valence-corrected chi connectivity index (χ4v) is 23.2. The van der Waals surface area contributed by atoms with Gasteiger partial charge in [-0.15, -0.1) is 0 Å². The molecule has 0 heterocycles. The van der Waals surface area contributed by atoms with Crippen molar-refractivity contribution in [3.63, 3.8) is 0 Å². The van der Waals surface area contributed by atoms with Crippen molar-refractivity contribution in [2.24, 2.45) is 22.2 Å². The quantitative estimate of drug-likeness (QED) is 0.0297. The number of allylic oxidation sites excluding steroid dienone is 2. The molecule has 0 N–H and O–H groups in total. The number of esters is 4. The van der Waals surface area contributed by atoms with E-state index in [2.05, 4.69) is 112 Å². The summed E-state index contributed by atoms with van der Waals surface area (Å²) in [4.78, 5) is 64.1. The highest BCUT2D eigenvalue weighted by molar-refractivity contribution is 9.09. The van der Waals surface area contributed by atoms with Gasteiger partial charge in [0.15, 0.2) is 10.8 Å². The van der Waals surface area contributed by atoms with E-state index in [1.807, 2.05) is 0 Å². The fraction of sp³-hybridized carbons (Fsp3) is 0.344. The molecule has 21 rings (SSSR count). The van der Waals surface area contributed by atoms with Gasteiger partial charge in [0.1, 0.15) is 26.4 Å². The summed E-state index contributed by atoms with van der Waals surface area (Å²) in [6, 6.07) is 11.7. The second kappa shape index (κ2) is 11.0. The summed E-state index contributed by atoms with van der Waals surface area (Å²) in [6.07, 6.45) is 10.1. The molecule has 10 aromatic rings. The third-order valence-electron chi connectivity index (χ3n) is 22.8. The summed E-state index contributed by atoms with van der Waals surface area (Å²) < 4.78 is 25.8. The number of carbonyl (C=O) groups excluding carboxylic acids is 4. The molecule has 11 aliphatic rings. The Hall–Kier alpha value is -4.88. The van der Waals surface area contributed by atoms with Gasteiger partial charge in [0.2, 0.25) is 0 Å². The SMILES string of the molecule is O=C(OCCBr)C1(C(=O)OCCBr)C23CCc4cc5cc6c7c8c9c%10c%11c%12c%13c(cc%14ccc2c2c%15c%16c%17c(c4C%1613)c5c7c9c%17c%11c%15c%13c%142)C=C1CC2CC8(C=C6)C23C(C(=O)OCCBr)(C(=O)OCCBr)C%103C1%12. The maximum Gasteiger partial charge on any atom is 0.325 e. The summed E-state index contributed by atoms with van der Waals surface area (Å²) in [5, 5.41) is 23.4. The van der Waals surface area contributed by atoms with E-state index in [0.29, 0.717) is 34.2 Å². The van der Waals surface area contributed by atoms with Crippen molar-refractivity contribution in [1.29, 1.82) is 0 Å². The van der Waals surface area contributed by atoms with Gasteiger partial charge in [-0.2, -0.15) is 0 Å². The van der Waals surface area contributed by atoms with Gasteiger partial charge >= 0.3 is 23.9 Å². The van der Waals surface area contributed by atoms with Crippen molar-refractivity contribution in [2.75, 3.05) is 47.7 Å². The predicted octanol–water partition coefficient (Wildman–Crippen LogP) is 12.2. The van der Waals surface area contributed by atoms with Gasteiger partial charge in [0, 0.05) is 48.9 Å². The van der Waals surface area contributed by atoms with Crippen LogP contribution in [0.25, 0.3) is 109 Å². The standard InChI is InChI=1S/C61H34Br4O8/c62-7-11-70-51(66)59(52(67)71-12-8-63)56-6-4-23-17-24-16-22-3-5-55-20-27-19-26-18-25-15-21-1-2-28(56)33-29(21)34-30(25)41-44-37-36(34)42(33)49-43-38(37)39-35(31(24)40(43)46(23)57(49,56)59)32(22)48(55)45(39)50(44)58(47(26)41)60(61(27,55)58,53(68)72-13-9-64)54(69)73-14-10-65/h1-3,5,15-18,27,47H,4,6-14,19-20H2. The molecule has 0 aromatic heterocycles. The van der Waals surface area contributed by atoms with Crippen LogP contribution in [0.2, 0.25) is 0 Å². The molecular weight excluding hydrogens is 1180 g/mol. The third kappa shape index (κ3) is 2.88. The van der Waals surface area contributed by atoms with Crippen molar-refractivity contribution in [1.82, 2.24) is 0 Å². The van der Waals surface area contributed by atoms with Crippen LogP contribution in [0.3, 0.4) is 0 Å². The highest BCUT2D eigenvalue weighted by Gasteiger charge is 3.08. The smallest absolute Gasteiger partial charge is 0.325 e. The lowest BCUT2D eigenvalue weighted by Crippen LogP contribution is -2.62. The largest absolute Gasteiger partial charge is 0.464 e. The van der Waals surface area contributed by atoms with Gasteiger partial charge in [0.05, 0.1) is 5.41 Å². The number of benzene rings is 8. The van der Waals surface area contributed by atoms with Crippen LogP contribution in [0.4, 0.5) is 0 Å². The van der Waals surface area contributed by atoms with E-state index >= 15 is 19.2 Å². The van der Waals surface area contributed by atoms with Gasteiger partial charge in [-0.25, -0.2) is 0 Å². The molecule has 7 unspecified atom stereocenters. The molecule has 0 saturated heterocycles. The summed E-state index contributed by atoms with van der Waals surface area (Å²) in [6.45, 7) is 0.529. The van der Waals surface area contributed by atoms with Gasteiger partial charge in [-0.1, -0.05) is 106 Å². The van der Waals surface area contributed by atoms with E-state index in [4.69, 9.17) is 18.9 Å². The second-order valence-corrected chi connectivity index (χ2v) is 26.7. The number of alkyl halides is 4. The maximum atomic E-state index is 16.1. The van der Waals surface area contributed by atoms with Crippen LogP contribution in [-0.4, -0.2) is 71.6 Å². The van der Waals surface area contributed by atoms with Crippen LogP contribution >= 0.6 is 63.7 Å². The number of ether oxygens (including phenoxy) is 4. The molecule has 0 radical (unpaired) electrons. The molecule has 4 fully saturated rings. The van der Waals surface area contributed by atoms with E-state index in [-0.39, 0.29) is 38.3 Å². The molecule has 0 aliphatic heterocycles. The lowest BCUT2D eigenvalue weighted by molar-refractivity contribution is -0.172. The van der Waals surface area contributed by atoms with E-state index in [9.17, 15) is 0 Å². The van der Waals surface area contributed by atoms with Crippen LogP contribution in [-0.2, 0) is 66.2 Å². The summed E-state index contributed by atoms with van der Waals surface area (Å²) in [5.74, 6) is -2.14. The van der Waals surface area contributed by atoms with Gasteiger partial charge in [-0.3, -0.25) is 19.2 Å². The number of hydrogen-bond acceptors (Lipinski definition) is 8. The van der Waals surface area contributed by atoms with Gasteiger partial charge in [-0.05, 0) is 191 Å². The van der Waals surface area contributed by atoms with Crippen molar-refractivity contribution < 1.29 is 38.1 Å². The van der Waals surface area contributed by atoms with E-state index in [1.54, 1.807) is 0 Å². The zero-order valence-electron chi connectivity index (χ0n) is 38.5. The number of aryl methyl sites for hydroxylation is 1. The van der Waals surface area contributed by atoms with Crippen LogP contribution in [0.1, 0.15) is 75.3 Å². The lowest BCUT2D eigenvalue weighted by Gasteiger charge is -2.64. The first-order valence-electron chi connectivity index (χ1n) is 25.9. The molecule has 73 heavy (non-hydrogen) atoms. The summed E-state index contributed by atoms with van der Waals surface area (Å²) in [7, 11) is 0. The Balaban J connectivity index is 1.07. The third-order valence-corrected chi connectivity index (χ3v) is 24.1. The fourth-order valence-electron chi connectivity index (χ4n) is 22.5. The van der Waals surface area contributed by atoms with E-state index in [0.717, 1.165) is 51.3 Å². The Morgan fingerprint density at radius 1 is 0.562 bits per heavy atom. The first kappa shape index (κ1) is 39.5. The monoisotopic (exact) mass is 1210 g/mol. The zero-order valence-corrected chi connectivity index (χ0v) is 44.9. The Labute approximate surface area is 446 Å². The van der Waals surface area contributed by atoms with Crippen LogP contribution < -0.4 is 0 Å². The topological polar surface area (TPSA) is 105 Å². The lowest BCUT2D eigenvalue weighted by atomic mass is 9.38. The Bertz CT molecular complexity index is 4680. The molecule has 354 valence electrons. The minimum absolute atomic E-state index is 0.0183. The van der Waals surface area contributed by atoms with Crippen molar-refractivity contribution in [2.45, 2.75) is 53.3 Å². The Morgan fingerprint density at radius 2 is 1.16 bits per heavy atom. The second-order valence-electron chi connectivity index (χ2n) is 23.6. The number of rotatable bonds is 12. The summed E-state index contributed by atoms with van der Waals surface area (Å²) in [5.41, 5.74) is 4.03. The minimum atomic E-state index is -1.70. The van der Waals surface area contributed by atoms with Gasteiger partial charge in [0.25, 0.3) is 0 Å². The maximum absolute atomic E-state index is 16.1. The highest BCUT2D eigenvalue weighted by atomic mass is 79.9. The van der Waals surface area contributed by atoms with Crippen LogP contribution in [0.5, 0.6) is 0 Å². The summed E-state index contributed by atoms with van der Waals surface area (Å²) >= 11 is 14.3. The molecule has 8 nitrogen and oxygen atoms in total. The first-order valence-corrected chi connectivity index (χ1v) is 30.4. The predicted molar refractivity (Wildman–Crippen MR) is 293 cm³/mol.